The first kappa shape index (κ1) is 24.3. The summed E-state index contributed by atoms with van der Waals surface area (Å²) in [7, 11) is 3.59. The highest BCUT2D eigenvalue weighted by atomic mass is 127. The van der Waals surface area contributed by atoms with Crippen molar-refractivity contribution in [3.63, 3.8) is 0 Å². The number of aliphatic imine (C=N–C) groups is 1. The maximum atomic E-state index is 12.3. The van der Waals surface area contributed by atoms with Gasteiger partial charge in [-0.2, -0.15) is 0 Å². The first-order valence-corrected chi connectivity index (χ1v) is 9.75. The van der Waals surface area contributed by atoms with Gasteiger partial charge >= 0.3 is 6.09 Å². The van der Waals surface area contributed by atoms with Crippen LogP contribution in [0.1, 0.15) is 40.0 Å². The second-order valence-electron chi connectivity index (χ2n) is 8.42. The van der Waals surface area contributed by atoms with E-state index in [0.29, 0.717) is 11.8 Å². The Hall–Kier alpha value is -0.770. The minimum absolute atomic E-state index is 0. The lowest BCUT2D eigenvalue weighted by molar-refractivity contribution is 0.0168. The number of ether oxygens (including phenoxy) is 2. The molecule has 2 unspecified atom stereocenters. The summed E-state index contributed by atoms with van der Waals surface area (Å²) >= 11 is 0. The van der Waals surface area contributed by atoms with Gasteiger partial charge in [-0.25, -0.2) is 4.79 Å². The van der Waals surface area contributed by atoms with Gasteiger partial charge < -0.3 is 24.6 Å². The normalized spacial score (nSPS) is 23.8. The Labute approximate surface area is 181 Å². The van der Waals surface area contributed by atoms with Gasteiger partial charge in [-0.1, -0.05) is 0 Å². The molecule has 7 nitrogen and oxygen atoms in total. The van der Waals surface area contributed by atoms with Crippen molar-refractivity contribution >= 4 is 36.0 Å². The van der Waals surface area contributed by atoms with Gasteiger partial charge in [0.15, 0.2) is 5.96 Å². The summed E-state index contributed by atoms with van der Waals surface area (Å²) in [4.78, 5) is 20.9. The first-order chi connectivity index (χ1) is 12.3. The van der Waals surface area contributed by atoms with Crippen molar-refractivity contribution in [3.8, 4) is 0 Å². The van der Waals surface area contributed by atoms with Crippen LogP contribution in [0, 0.1) is 11.8 Å². The molecule has 2 rings (SSSR count). The minimum atomic E-state index is -0.446. The molecule has 0 aromatic carbocycles. The van der Waals surface area contributed by atoms with Crippen molar-refractivity contribution in [3.05, 3.63) is 0 Å². The van der Waals surface area contributed by atoms with E-state index in [-0.39, 0.29) is 30.1 Å². The third kappa shape index (κ3) is 8.01. The Bertz CT molecular complexity index is 496. The summed E-state index contributed by atoms with van der Waals surface area (Å²) in [6, 6.07) is 0. The molecule has 2 atom stereocenters. The van der Waals surface area contributed by atoms with Crippen molar-refractivity contribution in [2.24, 2.45) is 16.8 Å². The molecule has 0 spiro atoms. The molecule has 27 heavy (non-hydrogen) atoms. The summed E-state index contributed by atoms with van der Waals surface area (Å²) in [6.45, 7) is 10.9. The van der Waals surface area contributed by atoms with Crippen molar-refractivity contribution in [2.75, 3.05) is 53.5 Å². The number of rotatable bonds is 4. The topological polar surface area (TPSA) is 66.4 Å². The number of amides is 1. The van der Waals surface area contributed by atoms with Gasteiger partial charge in [0.25, 0.3) is 0 Å². The molecule has 2 fully saturated rings. The fourth-order valence-corrected chi connectivity index (χ4v) is 3.69. The number of carbonyl (C=O) groups excluding carboxylic acids is 1. The number of nitrogens with zero attached hydrogens (tertiary/aromatic N) is 3. The maximum Gasteiger partial charge on any atom is 0.410 e. The first-order valence-electron chi connectivity index (χ1n) is 9.75. The van der Waals surface area contributed by atoms with Crippen molar-refractivity contribution in [2.45, 2.75) is 45.6 Å². The monoisotopic (exact) mass is 496 g/mol. The molecule has 2 aliphatic heterocycles. The van der Waals surface area contributed by atoms with Gasteiger partial charge in [0.2, 0.25) is 0 Å². The van der Waals surface area contributed by atoms with Gasteiger partial charge in [-0.05, 0) is 46.0 Å². The van der Waals surface area contributed by atoms with E-state index < -0.39 is 5.60 Å². The zero-order valence-corrected chi connectivity index (χ0v) is 19.8. The number of hydrogen-bond acceptors (Lipinski definition) is 4. The molecule has 0 radical (unpaired) electrons. The summed E-state index contributed by atoms with van der Waals surface area (Å²) in [5.41, 5.74) is -0.446. The zero-order valence-electron chi connectivity index (χ0n) is 17.5. The Morgan fingerprint density at radius 3 is 2.48 bits per heavy atom. The molecule has 0 saturated carbocycles. The highest BCUT2D eigenvalue weighted by Gasteiger charge is 2.29. The average molecular weight is 496 g/mol. The van der Waals surface area contributed by atoms with Gasteiger partial charge in [-0.3, -0.25) is 4.99 Å². The van der Waals surface area contributed by atoms with Crippen LogP contribution in [0.2, 0.25) is 0 Å². The number of carbonyl (C=O) groups is 1. The van der Waals surface area contributed by atoms with Gasteiger partial charge in [0.1, 0.15) is 5.60 Å². The second-order valence-corrected chi connectivity index (χ2v) is 8.42. The van der Waals surface area contributed by atoms with Crippen LogP contribution in [0.15, 0.2) is 4.99 Å². The molecule has 2 heterocycles. The third-order valence-electron chi connectivity index (χ3n) is 4.92. The third-order valence-corrected chi connectivity index (χ3v) is 4.92. The van der Waals surface area contributed by atoms with Crippen LogP contribution in [-0.4, -0.2) is 80.9 Å². The number of piperidine rings is 1. The van der Waals surface area contributed by atoms with Gasteiger partial charge in [-0.15, -0.1) is 24.0 Å². The van der Waals surface area contributed by atoms with Gasteiger partial charge in [0.05, 0.1) is 6.61 Å². The van der Waals surface area contributed by atoms with E-state index in [0.717, 1.165) is 64.6 Å². The predicted molar refractivity (Wildman–Crippen MR) is 119 cm³/mol. The second kappa shape index (κ2) is 11.3. The van der Waals surface area contributed by atoms with Gasteiger partial charge in [0, 0.05) is 52.8 Å². The van der Waals surface area contributed by atoms with Crippen LogP contribution in [-0.2, 0) is 9.47 Å². The molecular weight excluding hydrogens is 459 g/mol. The fraction of sp³-hybridized carbons (Fsp3) is 0.895. The molecule has 0 bridgehead atoms. The molecule has 0 aliphatic carbocycles. The fourth-order valence-electron chi connectivity index (χ4n) is 3.69. The molecule has 1 amide bonds. The van der Waals surface area contributed by atoms with E-state index in [4.69, 9.17) is 9.47 Å². The summed E-state index contributed by atoms with van der Waals surface area (Å²) < 4.78 is 10.8. The van der Waals surface area contributed by atoms with E-state index in [1.165, 1.54) is 0 Å². The standard InChI is InChI=1S/C19H36N4O3.HI/c1-19(2,3)26-18(24)23-9-6-7-15(12-23)11-21-17(20-4)22-10-8-16(13-22)14-25-5;/h15-16H,6-14H2,1-5H3,(H,20,21);1H. The quantitative estimate of drug-likeness (QED) is 0.369. The Morgan fingerprint density at radius 1 is 1.15 bits per heavy atom. The Morgan fingerprint density at radius 2 is 1.85 bits per heavy atom. The summed E-state index contributed by atoms with van der Waals surface area (Å²) in [6.07, 6.45) is 3.08. The van der Waals surface area contributed by atoms with Crippen molar-refractivity contribution < 1.29 is 14.3 Å². The number of hydrogen-bond donors (Lipinski definition) is 1. The number of likely N-dealkylation sites (tertiary alicyclic amines) is 2. The average Bonchev–Trinajstić information content (AvgIpc) is 3.03. The highest BCUT2D eigenvalue weighted by molar-refractivity contribution is 14.0. The van der Waals surface area contributed by atoms with Crippen LogP contribution in [0.3, 0.4) is 0 Å². The SMILES string of the molecule is CN=C(NCC1CCCN(C(=O)OC(C)(C)C)C1)N1CCC(COC)C1.I. The molecular formula is C19H37IN4O3. The van der Waals surface area contributed by atoms with E-state index in [2.05, 4.69) is 15.2 Å². The Kier molecular flexibility index (Phi) is 10.1. The number of guanidine groups is 1. The number of nitrogens with one attached hydrogen (secondary N) is 1. The van der Waals surface area contributed by atoms with Crippen molar-refractivity contribution in [1.29, 1.82) is 0 Å². The zero-order chi connectivity index (χ0) is 19.2. The van der Waals surface area contributed by atoms with E-state index >= 15 is 0 Å². The molecule has 2 saturated heterocycles. The lowest BCUT2D eigenvalue weighted by Gasteiger charge is -2.34. The molecule has 0 aromatic heterocycles. The lowest BCUT2D eigenvalue weighted by Crippen LogP contribution is -2.47. The summed E-state index contributed by atoms with van der Waals surface area (Å²) in [5, 5.41) is 3.51. The largest absolute Gasteiger partial charge is 0.444 e. The van der Waals surface area contributed by atoms with Crippen LogP contribution in [0.4, 0.5) is 4.79 Å². The molecule has 2 aliphatic rings. The smallest absolute Gasteiger partial charge is 0.410 e. The van der Waals surface area contributed by atoms with E-state index in [9.17, 15) is 4.79 Å². The molecule has 8 heteroatoms. The van der Waals surface area contributed by atoms with Crippen LogP contribution in [0.5, 0.6) is 0 Å². The van der Waals surface area contributed by atoms with E-state index in [1.54, 1.807) is 7.11 Å². The van der Waals surface area contributed by atoms with Crippen LogP contribution >= 0.6 is 24.0 Å². The predicted octanol–water partition coefficient (Wildman–Crippen LogP) is 2.80. The van der Waals surface area contributed by atoms with E-state index in [1.807, 2.05) is 32.7 Å². The highest BCUT2D eigenvalue weighted by Crippen LogP contribution is 2.20. The summed E-state index contributed by atoms with van der Waals surface area (Å²) in [5.74, 6) is 1.96. The Balaban J connectivity index is 0.00000364. The van der Waals surface area contributed by atoms with Crippen LogP contribution < -0.4 is 5.32 Å². The minimum Gasteiger partial charge on any atom is -0.444 e. The maximum absolute atomic E-state index is 12.3. The molecule has 0 aromatic rings. The number of methoxy groups -OCH3 is 1. The molecule has 1 N–H and O–H groups in total. The lowest BCUT2D eigenvalue weighted by atomic mass is 9.98. The molecule has 158 valence electrons. The van der Waals surface area contributed by atoms with Crippen molar-refractivity contribution in [1.82, 2.24) is 15.1 Å². The van der Waals surface area contributed by atoms with Crippen LogP contribution in [0.25, 0.3) is 0 Å². The number of halogens is 1.